The summed E-state index contributed by atoms with van der Waals surface area (Å²) in [6, 6.07) is 6.05. The average molecular weight is 293 g/mol. The van der Waals surface area contributed by atoms with Crippen molar-refractivity contribution in [2.75, 3.05) is 11.1 Å². The molecule has 1 aromatic heterocycles. The summed E-state index contributed by atoms with van der Waals surface area (Å²) >= 11 is 1.19. The van der Waals surface area contributed by atoms with Gasteiger partial charge in [-0.1, -0.05) is 17.8 Å². The van der Waals surface area contributed by atoms with Gasteiger partial charge < -0.3 is 10.4 Å². The second-order valence-corrected chi connectivity index (χ2v) is 4.75. The standard InChI is InChI=1S/C11H11N5O3S/c1-16-11(13-14-15-16)20-6-9(17)12-8-4-2-3-7(5-8)10(18)19/h2-5H,6H2,1H3,(H,12,17)(H,18,19). The van der Waals surface area contributed by atoms with E-state index in [1.54, 1.807) is 19.2 Å². The number of rotatable bonds is 5. The van der Waals surface area contributed by atoms with Crippen LogP contribution in [0.25, 0.3) is 0 Å². The molecule has 0 atom stereocenters. The van der Waals surface area contributed by atoms with Crippen LogP contribution in [0.2, 0.25) is 0 Å². The Morgan fingerprint density at radius 1 is 1.45 bits per heavy atom. The number of nitrogens with one attached hydrogen (secondary N) is 1. The molecule has 0 fully saturated rings. The molecule has 20 heavy (non-hydrogen) atoms. The molecule has 0 saturated heterocycles. The third-order valence-corrected chi connectivity index (χ3v) is 3.32. The number of aromatic nitrogens is 4. The highest BCUT2D eigenvalue weighted by Gasteiger charge is 2.09. The molecule has 104 valence electrons. The zero-order valence-electron chi connectivity index (χ0n) is 10.5. The zero-order valence-corrected chi connectivity index (χ0v) is 11.3. The van der Waals surface area contributed by atoms with Gasteiger partial charge in [0.1, 0.15) is 0 Å². The molecule has 0 aliphatic rings. The minimum Gasteiger partial charge on any atom is -0.478 e. The van der Waals surface area contributed by atoms with Gasteiger partial charge in [-0.3, -0.25) is 4.79 Å². The fourth-order valence-electron chi connectivity index (χ4n) is 1.40. The summed E-state index contributed by atoms with van der Waals surface area (Å²) in [5.74, 6) is -1.17. The number of hydrogen-bond donors (Lipinski definition) is 2. The molecule has 2 aromatic rings. The van der Waals surface area contributed by atoms with Gasteiger partial charge in [-0.25, -0.2) is 9.48 Å². The Labute approximate surface area is 118 Å². The number of carboxylic acid groups (broad SMARTS) is 1. The maximum absolute atomic E-state index is 11.7. The summed E-state index contributed by atoms with van der Waals surface area (Å²) in [7, 11) is 1.68. The molecule has 1 aromatic carbocycles. The minimum absolute atomic E-state index is 0.118. The number of aromatic carboxylic acids is 1. The topological polar surface area (TPSA) is 110 Å². The Bertz CT molecular complexity index is 642. The Morgan fingerprint density at radius 2 is 2.25 bits per heavy atom. The first-order valence-corrected chi connectivity index (χ1v) is 6.53. The molecule has 1 heterocycles. The Hall–Kier alpha value is -2.42. The largest absolute Gasteiger partial charge is 0.478 e. The van der Waals surface area contributed by atoms with Gasteiger partial charge in [-0.05, 0) is 28.6 Å². The highest BCUT2D eigenvalue weighted by molar-refractivity contribution is 7.99. The lowest BCUT2D eigenvalue weighted by Crippen LogP contribution is -2.15. The van der Waals surface area contributed by atoms with Gasteiger partial charge in [0.25, 0.3) is 0 Å². The number of carboxylic acids is 1. The van der Waals surface area contributed by atoms with E-state index in [9.17, 15) is 9.59 Å². The molecule has 0 unspecified atom stereocenters. The van der Waals surface area contributed by atoms with E-state index < -0.39 is 5.97 Å². The van der Waals surface area contributed by atoms with Crippen LogP contribution in [0.4, 0.5) is 5.69 Å². The molecule has 0 bridgehead atoms. The molecule has 0 aliphatic heterocycles. The number of benzene rings is 1. The van der Waals surface area contributed by atoms with Crippen LogP contribution in [0, 0.1) is 0 Å². The Kier molecular flexibility index (Phi) is 4.31. The van der Waals surface area contributed by atoms with Gasteiger partial charge in [-0.15, -0.1) is 5.10 Å². The lowest BCUT2D eigenvalue weighted by atomic mass is 10.2. The summed E-state index contributed by atoms with van der Waals surface area (Å²) in [6.45, 7) is 0. The van der Waals surface area contributed by atoms with Gasteiger partial charge in [0.05, 0.1) is 11.3 Å². The highest BCUT2D eigenvalue weighted by Crippen LogP contribution is 2.14. The number of hydrogen-bond acceptors (Lipinski definition) is 6. The molecule has 0 saturated carbocycles. The van der Waals surface area contributed by atoms with Gasteiger partial charge in [0, 0.05) is 12.7 Å². The maximum Gasteiger partial charge on any atom is 0.335 e. The van der Waals surface area contributed by atoms with Crippen molar-refractivity contribution in [3.05, 3.63) is 29.8 Å². The van der Waals surface area contributed by atoms with Crippen LogP contribution in [0.1, 0.15) is 10.4 Å². The maximum atomic E-state index is 11.7. The number of tetrazole rings is 1. The third-order valence-electron chi connectivity index (χ3n) is 2.31. The molecule has 0 aliphatic carbocycles. The van der Waals surface area contributed by atoms with Crippen molar-refractivity contribution in [3.8, 4) is 0 Å². The normalized spacial score (nSPS) is 10.2. The van der Waals surface area contributed by atoms with Crippen LogP contribution >= 0.6 is 11.8 Å². The first-order chi connectivity index (χ1) is 9.56. The quantitative estimate of drug-likeness (QED) is 0.778. The predicted molar refractivity (Wildman–Crippen MR) is 71.6 cm³/mol. The number of carbonyl (C=O) groups excluding carboxylic acids is 1. The number of carbonyl (C=O) groups is 2. The number of nitrogens with zero attached hydrogens (tertiary/aromatic N) is 4. The number of anilines is 1. The molecule has 1 amide bonds. The van der Waals surface area contributed by atoms with E-state index in [1.807, 2.05) is 0 Å². The second-order valence-electron chi connectivity index (χ2n) is 3.81. The molecular weight excluding hydrogens is 282 g/mol. The number of amides is 1. The van der Waals surface area contributed by atoms with Crippen molar-refractivity contribution in [1.82, 2.24) is 20.2 Å². The van der Waals surface area contributed by atoms with Crippen LogP contribution in [0.5, 0.6) is 0 Å². The summed E-state index contributed by atoms with van der Waals surface area (Å²) in [4.78, 5) is 22.6. The van der Waals surface area contributed by atoms with Crippen molar-refractivity contribution >= 4 is 29.3 Å². The molecule has 2 rings (SSSR count). The van der Waals surface area contributed by atoms with Gasteiger partial charge in [-0.2, -0.15) is 0 Å². The van der Waals surface area contributed by atoms with E-state index in [1.165, 1.54) is 28.6 Å². The molecule has 0 radical (unpaired) electrons. The molecule has 2 N–H and O–H groups in total. The van der Waals surface area contributed by atoms with E-state index in [0.717, 1.165) is 0 Å². The summed E-state index contributed by atoms with van der Waals surface area (Å²) in [5, 5.41) is 22.9. The summed E-state index contributed by atoms with van der Waals surface area (Å²) in [6.07, 6.45) is 0. The molecule has 0 spiro atoms. The lowest BCUT2D eigenvalue weighted by molar-refractivity contribution is -0.113. The number of aryl methyl sites for hydroxylation is 1. The monoisotopic (exact) mass is 293 g/mol. The fraction of sp³-hybridized carbons (Fsp3) is 0.182. The average Bonchev–Trinajstić information content (AvgIpc) is 2.82. The van der Waals surface area contributed by atoms with Crippen molar-refractivity contribution < 1.29 is 14.7 Å². The fourth-order valence-corrected chi connectivity index (χ4v) is 2.05. The lowest BCUT2D eigenvalue weighted by Gasteiger charge is -2.05. The van der Waals surface area contributed by atoms with Crippen LogP contribution in [0.3, 0.4) is 0 Å². The minimum atomic E-state index is -1.04. The van der Waals surface area contributed by atoms with Gasteiger partial charge in [0.2, 0.25) is 11.1 Å². The Balaban J connectivity index is 1.93. The van der Waals surface area contributed by atoms with E-state index in [-0.39, 0.29) is 17.2 Å². The molecular formula is C11H11N5O3S. The van der Waals surface area contributed by atoms with Crippen molar-refractivity contribution in [1.29, 1.82) is 0 Å². The molecule has 8 nitrogen and oxygen atoms in total. The van der Waals surface area contributed by atoms with Crippen LogP contribution in [-0.4, -0.2) is 42.9 Å². The van der Waals surface area contributed by atoms with Gasteiger partial charge >= 0.3 is 5.97 Å². The van der Waals surface area contributed by atoms with Crippen molar-refractivity contribution in [3.63, 3.8) is 0 Å². The molecule has 9 heteroatoms. The van der Waals surface area contributed by atoms with Crippen molar-refractivity contribution in [2.24, 2.45) is 7.05 Å². The SMILES string of the molecule is Cn1nnnc1SCC(=O)Nc1cccc(C(=O)O)c1. The summed E-state index contributed by atoms with van der Waals surface area (Å²) < 4.78 is 1.46. The van der Waals surface area contributed by atoms with Crippen LogP contribution in [-0.2, 0) is 11.8 Å². The first kappa shape index (κ1) is 14.0. The van der Waals surface area contributed by atoms with E-state index in [4.69, 9.17) is 5.11 Å². The van der Waals surface area contributed by atoms with Crippen molar-refractivity contribution in [2.45, 2.75) is 5.16 Å². The Morgan fingerprint density at radius 3 is 2.90 bits per heavy atom. The predicted octanol–water partition coefficient (Wildman–Crippen LogP) is 0.639. The van der Waals surface area contributed by atoms with E-state index in [2.05, 4.69) is 20.8 Å². The highest BCUT2D eigenvalue weighted by atomic mass is 32.2. The zero-order chi connectivity index (χ0) is 14.5. The van der Waals surface area contributed by atoms with Gasteiger partial charge in [0.15, 0.2) is 0 Å². The summed E-state index contributed by atoms with van der Waals surface area (Å²) in [5.41, 5.74) is 0.555. The smallest absolute Gasteiger partial charge is 0.335 e. The third kappa shape index (κ3) is 3.54. The first-order valence-electron chi connectivity index (χ1n) is 5.54. The number of thioether (sulfide) groups is 1. The van der Waals surface area contributed by atoms with Crippen LogP contribution < -0.4 is 5.32 Å². The van der Waals surface area contributed by atoms with E-state index in [0.29, 0.717) is 10.8 Å². The van der Waals surface area contributed by atoms with E-state index >= 15 is 0 Å². The second kappa shape index (κ2) is 6.15. The van der Waals surface area contributed by atoms with Crippen LogP contribution in [0.15, 0.2) is 29.4 Å².